The zero-order valence-electron chi connectivity index (χ0n) is 9.50. The van der Waals surface area contributed by atoms with Crippen LogP contribution >= 0.6 is 0 Å². The number of carboxylic acids is 1. The van der Waals surface area contributed by atoms with Gasteiger partial charge >= 0.3 is 12.1 Å². The second-order valence-corrected chi connectivity index (χ2v) is 3.78. The number of halogens is 3. The van der Waals surface area contributed by atoms with Crippen molar-refractivity contribution in [2.75, 3.05) is 18.0 Å². The lowest BCUT2D eigenvalue weighted by Crippen LogP contribution is -2.38. The van der Waals surface area contributed by atoms with Gasteiger partial charge in [0.05, 0.1) is 6.20 Å². The zero-order valence-corrected chi connectivity index (χ0v) is 9.50. The Bertz CT molecular complexity index is 596. The second-order valence-electron chi connectivity index (χ2n) is 3.78. The van der Waals surface area contributed by atoms with E-state index in [-0.39, 0.29) is 5.82 Å². The monoisotopic (exact) mass is 274 g/mol. The SMILES string of the molecule is O=C(O)CN(CC(F)(F)F)c1nccn2nccc12. The smallest absolute Gasteiger partial charge is 0.405 e. The molecule has 0 unspecified atom stereocenters. The minimum atomic E-state index is -4.52. The van der Waals surface area contributed by atoms with Gasteiger partial charge in [0, 0.05) is 12.4 Å². The molecule has 0 spiro atoms. The quantitative estimate of drug-likeness (QED) is 0.906. The number of hydrogen-bond donors (Lipinski definition) is 1. The molecule has 2 aromatic heterocycles. The Morgan fingerprint density at radius 1 is 1.42 bits per heavy atom. The first-order valence-electron chi connectivity index (χ1n) is 5.18. The summed E-state index contributed by atoms with van der Waals surface area (Å²) in [5.41, 5.74) is 0.313. The van der Waals surface area contributed by atoms with Crippen molar-refractivity contribution in [1.82, 2.24) is 14.6 Å². The highest BCUT2D eigenvalue weighted by atomic mass is 19.4. The van der Waals surface area contributed by atoms with E-state index in [1.54, 1.807) is 0 Å². The van der Waals surface area contributed by atoms with Crippen molar-refractivity contribution in [3.63, 3.8) is 0 Å². The van der Waals surface area contributed by atoms with Crippen molar-refractivity contribution in [1.29, 1.82) is 0 Å². The fraction of sp³-hybridized carbons (Fsp3) is 0.300. The Hall–Kier alpha value is -2.32. The molecule has 1 N–H and O–H groups in total. The molecule has 0 saturated heterocycles. The maximum Gasteiger partial charge on any atom is 0.405 e. The molecule has 19 heavy (non-hydrogen) atoms. The first-order valence-corrected chi connectivity index (χ1v) is 5.18. The normalized spacial score (nSPS) is 11.7. The third kappa shape index (κ3) is 3.12. The molecule has 0 amide bonds. The molecule has 0 saturated carbocycles. The summed E-state index contributed by atoms with van der Waals surface area (Å²) >= 11 is 0. The summed E-state index contributed by atoms with van der Waals surface area (Å²) < 4.78 is 38.8. The van der Waals surface area contributed by atoms with Crippen molar-refractivity contribution in [2.45, 2.75) is 6.18 Å². The first-order chi connectivity index (χ1) is 8.87. The molecule has 0 aromatic carbocycles. The number of rotatable bonds is 4. The number of hydrogen-bond acceptors (Lipinski definition) is 4. The van der Waals surface area contributed by atoms with E-state index in [0.29, 0.717) is 10.4 Å². The summed E-state index contributed by atoms with van der Waals surface area (Å²) in [6.07, 6.45) is -0.400. The van der Waals surface area contributed by atoms with Crippen molar-refractivity contribution in [2.24, 2.45) is 0 Å². The third-order valence-electron chi connectivity index (χ3n) is 2.30. The van der Waals surface area contributed by atoms with Crippen LogP contribution in [0.3, 0.4) is 0 Å². The van der Waals surface area contributed by atoms with Crippen molar-refractivity contribution in [3.05, 3.63) is 24.7 Å². The lowest BCUT2D eigenvalue weighted by molar-refractivity contribution is -0.136. The molecule has 2 aromatic rings. The Morgan fingerprint density at radius 2 is 2.16 bits per heavy atom. The molecule has 2 heterocycles. The summed E-state index contributed by atoms with van der Waals surface area (Å²) in [6, 6.07) is 1.47. The van der Waals surface area contributed by atoms with Gasteiger partial charge in [0.15, 0.2) is 5.82 Å². The molecule has 6 nitrogen and oxygen atoms in total. The number of fused-ring (bicyclic) bond motifs is 1. The van der Waals surface area contributed by atoms with Crippen LogP contribution in [0, 0.1) is 0 Å². The largest absolute Gasteiger partial charge is 0.480 e. The lowest BCUT2D eigenvalue weighted by Gasteiger charge is -2.23. The van der Waals surface area contributed by atoms with Gasteiger partial charge in [-0.25, -0.2) is 9.50 Å². The van der Waals surface area contributed by atoms with Gasteiger partial charge in [0.1, 0.15) is 18.6 Å². The number of carbonyl (C=O) groups is 1. The number of alkyl halides is 3. The summed E-state index contributed by atoms with van der Waals surface area (Å²) in [4.78, 5) is 15.2. The van der Waals surface area contributed by atoms with E-state index in [1.807, 2.05) is 0 Å². The second kappa shape index (κ2) is 4.75. The predicted molar refractivity (Wildman–Crippen MR) is 58.9 cm³/mol. The van der Waals surface area contributed by atoms with Crippen LogP contribution in [0.25, 0.3) is 5.52 Å². The minimum Gasteiger partial charge on any atom is -0.480 e. The summed E-state index contributed by atoms with van der Waals surface area (Å²) in [5.74, 6) is -1.44. The van der Waals surface area contributed by atoms with E-state index >= 15 is 0 Å². The maximum atomic E-state index is 12.5. The average molecular weight is 274 g/mol. The van der Waals surface area contributed by atoms with Crippen LogP contribution in [0.2, 0.25) is 0 Å². The highest BCUT2D eigenvalue weighted by molar-refractivity contribution is 5.77. The minimum absolute atomic E-state index is 0.0697. The fourth-order valence-corrected chi connectivity index (χ4v) is 1.67. The van der Waals surface area contributed by atoms with Crippen LogP contribution in [0.5, 0.6) is 0 Å². The molecular formula is C10H9F3N4O2. The first kappa shape index (κ1) is 13.1. The van der Waals surface area contributed by atoms with Crippen molar-refractivity contribution < 1.29 is 23.1 Å². The summed E-state index contributed by atoms with van der Waals surface area (Å²) in [7, 11) is 0. The molecule has 0 atom stereocenters. The molecule has 0 radical (unpaired) electrons. The summed E-state index contributed by atoms with van der Waals surface area (Å²) in [6.45, 7) is -2.19. The molecule has 0 bridgehead atoms. The Kier molecular flexibility index (Phi) is 3.28. The Balaban J connectivity index is 2.42. The van der Waals surface area contributed by atoms with Gasteiger partial charge in [-0.15, -0.1) is 0 Å². The standard InChI is InChI=1S/C10H9F3N4O2/c11-10(12,13)6-16(5-8(18)19)9-7-1-2-15-17(7)4-3-14-9/h1-4H,5-6H2,(H,18,19). The van der Waals surface area contributed by atoms with Crippen LogP contribution in [0.15, 0.2) is 24.7 Å². The Morgan fingerprint density at radius 3 is 2.79 bits per heavy atom. The lowest BCUT2D eigenvalue weighted by atomic mass is 10.4. The van der Waals surface area contributed by atoms with Gasteiger partial charge in [0.25, 0.3) is 0 Å². The van der Waals surface area contributed by atoms with E-state index in [9.17, 15) is 18.0 Å². The van der Waals surface area contributed by atoms with E-state index in [2.05, 4.69) is 10.1 Å². The third-order valence-corrected chi connectivity index (χ3v) is 2.30. The van der Waals surface area contributed by atoms with Crippen LogP contribution in [0.4, 0.5) is 19.0 Å². The van der Waals surface area contributed by atoms with Gasteiger partial charge in [-0.1, -0.05) is 0 Å². The van der Waals surface area contributed by atoms with E-state index in [0.717, 1.165) is 0 Å². The topological polar surface area (TPSA) is 70.7 Å². The van der Waals surface area contributed by atoms with Crippen molar-refractivity contribution in [3.8, 4) is 0 Å². The maximum absolute atomic E-state index is 12.5. The molecule has 0 aliphatic carbocycles. The Labute approximate surface area is 105 Å². The molecule has 102 valence electrons. The van der Waals surface area contributed by atoms with Crippen LogP contribution in [-0.2, 0) is 4.79 Å². The molecular weight excluding hydrogens is 265 g/mol. The van der Waals surface area contributed by atoms with E-state index in [1.165, 1.54) is 29.2 Å². The average Bonchev–Trinajstić information content (AvgIpc) is 2.72. The number of nitrogens with zero attached hydrogens (tertiary/aromatic N) is 4. The van der Waals surface area contributed by atoms with Gasteiger partial charge in [-0.05, 0) is 6.07 Å². The van der Waals surface area contributed by atoms with Crippen LogP contribution in [0.1, 0.15) is 0 Å². The number of aromatic nitrogens is 3. The number of carboxylic acid groups (broad SMARTS) is 1. The fourth-order valence-electron chi connectivity index (χ4n) is 1.67. The zero-order chi connectivity index (χ0) is 14.0. The number of aliphatic carboxylic acids is 1. The molecule has 2 rings (SSSR count). The molecule has 0 aliphatic rings. The van der Waals surface area contributed by atoms with E-state index in [4.69, 9.17) is 5.11 Å². The van der Waals surface area contributed by atoms with Gasteiger partial charge in [0.2, 0.25) is 0 Å². The highest BCUT2D eigenvalue weighted by Crippen LogP contribution is 2.23. The van der Waals surface area contributed by atoms with Gasteiger partial charge in [-0.3, -0.25) is 4.79 Å². The van der Waals surface area contributed by atoms with Crippen molar-refractivity contribution >= 4 is 17.3 Å². The highest BCUT2D eigenvalue weighted by Gasteiger charge is 2.33. The van der Waals surface area contributed by atoms with Crippen LogP contribution in [-0.4, -0.2) is 44.9 Å². The van der Waals surface area contributed by atoms with Gasteiger partial charge in [-0.2, -0.15) is 18.3 Å². The molecule has 9 heteroatoms. The molecule has 0 aliphatic heterocycles. The van der Waals surface area contributed by atoms with Gasteiger partial charge < -0.3 is 10.0 Å². The van der Waals surface area contributed by atoms with Crippen LogP contribution < -0.4 is 4.90 Å². The number of anilines is 1. The predicted octanol–water partition coefficient (Wildman–Crippen LogP) is 1.18. The van der Waals surface area contributed by atoms with E-state index < -0.39 is 25.2 Å². The molecule has 0 fully saturated rings. The summed E-state index contributed by atoms with van der Waals surface area (Å²) in [5, 5.41) is 12.6.